The molecule has 3 rings (SSSR count). The van der Waals surface area contributed by atoms with Crippen molar-refractivity contribution in [2.45, 2.75) is 13.0 Å². The number of ether oxygens (including phenoxy) is 1. The van der Waals surface area contributed by atoms with Gasteiger partial charge < -0.3 is 20.0 Å². The molecule has 20 heavy (non-hydrogen) atoms. The number of imidazole rings is 1. The Kier molecular flexibility index (Phi) is 3.11. The zero-order chi connectivity index (χ0) is 14.1. The van der Waals surface area contributed by atoms with E-state index in [1.54, 1.807) is 19.5 Å². The molecule has 7 nitrogen and oxygen atoms in total. The molecule has 1 atom stereocenters. The summed E-state index contributed by atoms with van der Waals surface area (Å²) >= 11 is 0. The molecule has 0 aliphatic heterocycles. The van der Waals surface area contributed by atoms with Crippen LogP contribution in [0, 0.1) is 0 Å². The second-order valence-corrected chi connectivity index (χ2v) is 4.67. The van der Waals surface area contributed by atoms with Gasteiger partial charge in [-0.3, -0.25) is 4.79 Å². The Morgan fingerprint density at radius 1 is 1.55 bits per heavy atom. The topological polar surface area (TPSA) is 95.7 Å². The predicted molar refractivity (Wildman–Crippen MR) is 74.5 cm³/mol. The van der Waals surface area contributed by atoms with Gasteiger partial charge in [0.1, 0.15) is 11.2 Å². The Hall–Kier alpha value is -2.41. The number of H-pyrrole nitrogens is 2. The number of fused-ring (bicyclic) bond motifs is 3. The zero-order valence-electron chi connectivity index (χ0n) is 11.2. The van der Waals surface area contributed by atoms with Crippen molar-refractivity contribution in [2.24, 2.45) is 0 Å². The summed E-state index contributed by atoms with van der Waals surface area (Å²) in [4.78, 5) is 26.7. The fourth-order valence-electron chi connectivity index (χ4n) is 2.17. The lowest BCUT2D eigenvalue weighted by molar-refractivity contribution is 0.0896. The van der Waals surface area contributed by atoms with Gasteiger partial charge in [-0.25, -0.2) is 9.97 Å². The van der Waals surface area contributed by atoms with Gasteiger partial charge in [0.05, 0.1) is 18.3 Å². The third-order valence-electron chi connectivity index (χ3n) is 3.05. The highest BCUT2D eigenvalue weighted by Crippen LogP contribution is 2.20. The molecule has 7 heteroatoms. The highest BCUT2D eigenvalue weighted by molar-refractivity contribution is 6.03. The number of carbonyl (C=O) groups is 1. The summed E-state index contributed by atoms with van der Waals surface area (Å²) in [5, 5.41) is 3.73. The summed E-state index contributed by atoms with van der Waals surface area (Å²) in [6, 6.07) is 1.82. The molecule has 3 aromatic rings. The van der Waals surface area contributed by atoms with Crippen molar-refractivity contribution < 1.29 is 9.53 Å². The third-order valence-corrected chi connectivity index (χ3v) is 3.05. The standard InChI is InChI=1S/C13H15N5O2/c1-7(6-20-2)16-13(19)12-17-9-5-15-11-8(3-4-14-11)10(9)18-12/h3-5,7H,6H2,1-2H3,(H,14,15)(H,16,19)(H,17,18). The molecule has 0 aliphatic carbocycles. The first-order valence-corrected chi connectivity index (χ1v) is 6.30. The number of hydrogen-bond acceptors (Lipinski definition) is 4. The van der Waals surface area contributed by atoms with E-state index in [0.29, 0.717) is 12.1 Å². The molecule has 0 bridgehead atoms. The van der Waals surface area contributed by atoms with Crippen LogP contribution in [0.3, 0.4) is 0 Å². The van der Waals surface area contributed by atoms with Crippen LogP contribution in [0.2, 0.25) is 0 Å². The van der Waals surface area contributed by atoms with Crippen LogP contribution in [0.15, 0.2) is 18.5 Å². The Labute approximate surface area is 114 Å². The second kappa shape index (κ2) is 4.93. The summed E-state index contributed by atoms with van der Waals surface area (Å²) in [5.74, 6) is 0.0212. The summed E-state index contributed by atoms with van der Waals surface area (Å²) in [6.45, 7) is 2.32. The fraction of sp³-hybridized carbons (Fsp3) is 0.308. The molecule has 0 saturated heterocycles. The zero-order valence-corrected chi connectivity index (χ0v) is 11.2. The van der Waals surface area contributed by atoms with Gasteiger partial charge in [0.15, 0.2) is 5.82 Å². The molecule has 1 unspecified atom stereocenters. The van der Waals surface area contributed by atoms with Gasteiger partial charge in [-0.15, -0.1) is 0 Å². The molecule has 0 aliphatic rings. The number of nitrogens with zero attached hydrogens (tertiary/aromatic N) is 2. The van der Waals surface area contributed by atoms with Gasteiger partial charge in [-0.2, -0.15) is 0 Å². The van der Waals surface area contributed by atoms with Crippen LogP contribution < -0.4 is 5.32 Å². The van der Waals surface area contributed by atoms with Crippen LogP contribution in [0.25, 0.3) is 22.1 Å². The third kappa shape index (κ3) is 2.12. The van der Waals surface area contributed by atoms with Crippen molar-refractivity contribution in [1.29, 1.82) is 0 Å². The summed E-state index contributed by atoms with van der Waals surface area (Å²) in [7, 11) is 1.60. The summed E-state index contributed by atoms with van der Waals surface area (Å²) in [6.07, 6.45) is 3.44. The van der Waals surface area contributed by atoms with Crippen LogP contribution in [-0.2, 0) is 4.74 Å². The number of pyridine rings is 1. The maximum atomic E-state index is 12.1. The molecule has 3 aromatic heterocycles. The average molecular weight is 273 g/mol. The maximum Gasteiger partial charge on any atom is 0.287 e. The molecule has 0 fully saturated rings. The number of nitrogens with one attached hydrogen (secondary N) is 3. The minimum absolute atomic E-state index is 0.0777. The normalized spacial score (nSPS) is 12.9. The van der Waals surface area contributed by atoms with Gasteiger partial charge in [-0.05, 0) is 13.0 Å². The lowest BCUT2D eigenvalue weighted by Gasteiger charge is -2.10. The largest absolute Gasteiger partial charge is 0.383 e. The minimum atomic E-state index is -0.255. The summed E-state index contributed by atoms with van der Waals surface area (Å²) in [5.41, 5.74) is 2.24. The van der Waals surface area contributed by atoms with E-state index in [4.69, 9.17) is 4.74 Å². The first kappa shape index (κ1) is 12.6. The van der Waals surface area contributed by atoms with Crippen LogP contribution in [0.1, 0.15) is 17.5 Å². The second-order valence-electron chi connectivity index (χ2n) is 4.67. The molecule has 3 heterocycles. The van der Waals surface area contributed by atoms with Gasteiger partial charge in [0.25, 0.3) is 5.91 Å². The smallest absolute Gasteiger partial charge is 0.287 e. The van der Waals surface area contributed by atoms with E-state index < -0.39 is 0 Å². The lowest BCUT2D eigenvalue weighted by atomic mass is 10.3. The van der Waals surface area contributed by atoms with Crippen LogP contribution in [0.4, 0.5) is 0 Å². The number of rotatable bonds is 4. The molecule has 0 aromatic carbocycles. The Morgan fingerprint density at radius 2 is 2.40 bits per heavy atom. The number of methoxy groups -OCH3 is 1. The van der Waals surface area contributed by atoms with E-state index >= 15 is 0 Å². The number of aromatic amines is 2. The van der Waals surface area contributed by atoms with E-state index in [-0.39, 0.29) is 17.8 Å². The number of hydrogen-bond donors (Lipinski definition) is 3. The van der Waals surface area contributed by atoms with E-state index in [1.165, 1.54) is 0 Å². The number of amides is 1. The van der Waals surface area contributed by atoms with Crippen LogP contribution in [-0.4, -0.2) is 45.6 Å². The Bertz CT molecular complexity index is 760. The molecular formula is C13H15N5O2. The first-order valence-electron chi connectivity index (χ1n) is 6.30. The quantitative estimate of drug-likeness (QED) is 0.665. The molecule has 0 radical (unpaired) electrons. The van der Waals surface area contributed by atoms with Crippen LogP contribution in [0.5, 0.6) is 0 Å². The average Bonchev–Trinajstić information content (AvgIpc) is 3.04. The van der Waals surface area contributed by atoms with E-state index in [2.05, 4.69) is 25.3 Å². The van der Waals surface area contributed by atoms with Crippen molar-refractivity contribution in [2.75, 3.05) is 13.7 Å². The maximum absolute atomic E-state index is 12.1. The summed E-state index contributed by atoms with van der Waals surface area (Å²) < 4.78 is 4.99. The van der Waals surface area contributed by atoms with Crippen LogP contribution >= 0.6 is 0 Å². The van der Waals surface area contributed by atoms with E-state index in [0.717, 1.165) is 16.6 Å². The molecule has 104 valence electrons. The minimum Gasteiger partial charge on any atom is -0.383 e. The SMILES string of the molecule is COCC(C)NC(=O)c1nc2cnc3[nH]ccc3c2[nH]1. The van der Waals surface area contributed by atoms with Crippen molar-refractivity contribution in [3.05, 3.63) is 24.3 Å². The van der Waals surface area contributed by atoms with Crippen molar-refractivity contribution in [3.63, 3.8) is 0 Å². The van der Waals surface area contributed by atoms with Gasteiger partial charge in [0, 0.05) is 24.7 Å². The lowest BCUT2D eigenvalue weighted by Crippen LogP contribution is -2.36. The fourth-order valence-corrected chi connectivity index (χ4v) is 2.17. The van der Waals surface area contributed by atoms with Gasteiger partial charge in [0.2, 0.25) is 0 Å². The highest BCUT2D eigenvalue weighted by atomic mass is 16.5. The van der Waals surface area contributed by atoms with E-state index in [9.17, 15) is 4.79 Å². The molecule has 1 amide bonds. The van der Waals surface area contributed by atoms with Crippen molar-refractivity contribution >= 4 is 28.0 Å². The highest BCUT2D eigenvalue weighted by Gasteiger charge is 2.15. The first-order chi connectivity index (χ1) is 9.69. The predicted octanol–water partition coefficient (Wildman–Crippen LogP) is 1.20. The molecule has 0 spiro atoms. The number of aromatic nitrogens is 4. The Morgan fingerprint density at radius 3 is 3.20 bits per heavy atom. The van der Waals surface area contributed by atoms with E-state index in [1.807, 2.05) is 13.0 Å². The van der Waals surface area contributed by atoms with Gasteiger partial charge in [-0.1, -0.05) is 0 Å². The molecule has 0 saturated carbocycles. The molecular weight excluding hydrogens is 258 g/mol. The Balaban J connectivity index is 1.94. The number of carbonyl (C=O) groups excluding carboxylic acids is 1. The molecule has 3 N–H and O–H groups in total. The van der Waals surface area contributed by atoms with Crippen molar-refractivity contribution in [3.8, 4) is 0 Å². The monoisotopic (exact) mass is 273 g/mol. The van der Waals surface area contributed by atoms with Gasteiger partial charge >= 0.3 is 0 Å². The van der Waals surface area contributed by atoms with Crippen molar-refractivity contribution in [1.82, 2.24) is 25.3 Å².